The van der Waals surface area contributed by atoms with Crippen LogP contribution >= 0.6 is 11.3 Å². The molecule has 0 atom stereocenters. The quantitative estimate of drug-likeness (QED) is 0.702. The molecule has 3 rings (SSSR count). The van der Waals surface area contributed by atoms with E-state index >= 15 is 0 Å². The van der Waals surface area contributed by atoms with Gasteiger partial charge in [0.05, 0.1) is 5.39 Å². The van der Waals surface area contributed by atoms with Crippen molar-refractivity contribution < 1.29 is 9.90 Å². The summed E-state index contributed by atoms with van der Waals surface area (Å²) in [5, 5.41) is 13.0. The van der Waals surface area contributed by atoms with E-state index in [1.54, 1.807) is 26.2 Å². The van der Waals surface area contributed by atoms with Gasteiger partial charge in [-0.1, -0.05) is 18.2 Å². The summed E-state index contributed by atoms with van der Waals surface area (Å²) in [4.78, 5) is 27.3. The van der Waals surface area contributed by atoms with Gasteiger partial charge in [0.15, 0.2) is 0 Å². The van der Waals surface area contributed by atoms with Crippen molar-refractivity contribution >= 4 is 70.9 Å². The van der Waals surface area contributed by atoms with E-state index in [1.807, 2.05) is 30.5 Å². The predicted molar refractivity (Wildman–Crippen MR) is 101 cm³/mol. The normalized spacial score (nSPS) is 10.5. The number of aromatic nitrogens is 1. The van der Waals surface area contributed by atoms with Crippen LogP contribution < -0.4 is 10.5 Å². The van der Waals surface area contributed by atoms with E-state index < -0.39 is 11.5 Å². The fourth-order valence-electron chi connectivity index (χ4n) is 2.58. The molecule has 2 aromatic heterocycles. The van der Waals surface area contributed by atoms with Gasteiger partial charge in [-0.25, -0.2) is 0 Å². The number of carbonyl (C=O) groups is 1. The number of aryl methyl sites for hydroxylation is 2. The molecule has 0 bridgehead atoms. The number of anilines is 1. The van der Waals surface area contributed by atoms with Crippen LogP contribution in [0.4, 0.5) is 5.69 Å². The summed E-state index contributed by atoms with van der Waals surface area (Å²) < 4.78 is 1.42. The molecule has 1 N–H and O–H groups in total. The number of fused-ring (bicyclic) bond motifs is 1. The molecule has 24 heavy (non-hydrogen) atoms. The first-order chi connectivity index (χ1) is 10.9. The van der Waals surface area contributed by atoms with Crippen molar-refractivity contribution in [3.63, 3.8) is 0 Å². The summed E-state index contributed by atoms with van der Waals surface area (Å²) in [6, 6.07) is 9.01. The Balaban J connectivity index is 0.00000208. The van der Waals surface area contributed by atoms with Gasteiger partial charge in [0.2, 0.25) is 0 Å². The van der Waals surface area contributed by atoms with Gasteiger partial charge in [-0.15, -0.1) is 11.3 Å². The first-order valence-corrected chi connectivity index (χ1v) is 7.94. The fraction of sp³-hybridized carbons (Fsp3) is 0.176. The monoisotopic (exact) mass is 370 g/mol. The molecule has 1 amide bonds. The van der Waals surface area contributed by atoms with Gasteiger partial charge in [0.1, 0.15) is 16.1 Å². The van der Waals surface area contributed by atoms with Crippen molar-refractivity contribution in [3.8, 4) is 5.75 Å². The van der Waals surface area contributed by atoms with Gasteiger partial charge >= 0.3 is 37.7 Å². The molecular weight excluding hydrogens is 352 g/mol. The Morgan fingerprint density at radius 2 is 1.88 bits per heavy atom. The van der Waals surface area contributed by atoms with E-state index in [1.165, 1.54) is 20.8 Å². The number of para-hydroxylation sites is 1. The van der Waals surface area contributed by atoms with Crippen molar-refractivity contribution in [2.24, 2.45) is 7.05 Å². The number of hydrogen-bond acceptors (Lipinski definition) is 4. The summed E-state index contributed by atoms with van der Waals surface area (Å²) in [6.07, 6.45) is 0. The number of hydrogen-bond donors (Lipinski definition) is 1. The Morgan fingerprint density at radius 3 is 2.50 bits per heavy atom. The maximum absolute atomic E-state index is 12.8. The Morgan fingerprint density at radius 1 is 1.25 bits per heavy atom. The third-order valence-electron chi connectivity index (χ3n) is 3.91. The van der Waals surface area contributed by atoms with Crippen LogP contribution in [0.1, 0.15) is 15.9 Å². The SMILES string of the molecule is Cc1csc2c1c(O)c(C(=O)N(C)c1ccccc1)c(=O)n2C.[CaH2]. The molecule has 0 saturated heterocycles. The van der Waals surface area contributed by atoms with Crippen molar-refractivity contribution in [2.75, 3.05) is 11.9 Å². The summed E-state index contributed by atoms with van der Waals surface area (Å²) in [7, 11) is 3.20. The summed E-state index contributed by atoms with van der Waals surface area (Å²) >= 11 is 1.37. The molecule has 5 nitrogen and oxygen atoms in total. The number of rotatable bonds is 2. The molecule has 0 radical (unpaired) electrons. The van der Waals surface area contributed by atoms with Gasteiger partial charge < -0.3 is 14.6 Å². The van der Waals surface area contributed by atoms with Gasteiger partial charge in [-0.2, -0.15) is 0 Å². The molecule has 0 saturated carbocycles. The second-order valence-electron chi connectivity index (χ2n) is 5.39. The van der Waals surface area contributed by atoms with Crippen LogP contribution in [-0.2, 0) is 7.05 Å². The van der Waals surface area contributed by atoms with Crippen molar-refractivity contribution in [1.29, 1.82) is 0 Å². The molecule has 0 unspecified atom stereocenters. The van der Waals surface area contributed by atoms with E-state index in [2.05, 4.69) is 0 Å². The average Bonchev–Trinajstić information content (AvgIpc) is 2.95. The van der Waals surface area contributed by atoms with Crippen LogP contribution in [0, 0.1) is 6.92 Å². The molecule has 122 valence electrons. The molecule has 2 heterocycles. The summed E-state index contributed by atoms with van der Waals surface area (Å²) in [6.45, 7) is 1.85. The zero-order valence-electron chi connectivity index (χ0n) is 13.0. The first-order valence-electron chi connectivity index (χ1n) is 7.06. The van der Waals surface area contributed by atoms with Crippen LogP contribution in [0.5, 0.6) is 5.75 Å². The van der Waals surface area contributed by atoms with Crippen LogP contribution in [0.3, 0.4) is 0 Å². The van der Waals surface area contributed by atoms with Crippen molar-refractivity contribution in [3.05, 3.63) is 57.2 Å². The summed E-state index contributed by atoms with van der Waals surface area (Å²) in [5.41, 5.74) is 0.799. The molecule has 0 fully saturated rings. The predicted octanol–water partition coefficient (Wildman–Crippen LogP) is 1.97. The van der Waals surface area contributed by atoms with Gasteiger partial charge in [-0.3, -0.25) is 9.59 Å². The topological polar surface area (TPSA) is 62.5 Å². The average molecular weight is 370 g/mol. The zero-order valence-corrected chi connectivity index (χ0v) is 13.8. The Kier molecular flexibility index (Phi) is 5.75. The van der Waals surface area contributed by atoms with E-state index in [0.717, 1.165) is 5.56 Å². The van der Waals surface area contributed by atoms with Crippen molar-refractivity contribution in [2.45, 2.75) is 6.92 Å². The second kappa shape index (κ2) is 7.27. The number of thiophene rings is 1. The third kappa shape index (κ3) is 2.99. The molecule has 0 aliphatic heterocycles. The van der Waals surface area contributed by atoms with E-state index in [4.69, 9.17) is 0 Å². The molecule has 0 aliphatic rings. The van der Waals surface area contributed by atoms with Gasteiger partial charge in [0.25, 0.3) is 11.5 Å². The standard InChI is InChI=1S/C17H16N2O3S.Ca.2H/c1-10-9-23-17-12(10)14(20)13(16(22)19(17)3)15(21)18(2)11-7-5-4-6-8-11;;;/h4-9,20H,1-3H3;;;. The van der Waals surface area contributed by atoms with E-state index in [9.17, 15) is 14.7 Å². The molecule has 1 aromatic carbocycles. The minimum absolute atomic E-state index is 0. The van der Waals surface area contributed by atoms with Gasteiger partial charge in [0, 0.05) is 19.8 Å². The molecule has 7 heteroatoms. The van der Waals surface area contributed by atoms with Crippen LogP contribution in [0.2, 0.25) is 0 Å². The molecule has 0 spiro atoms. The van der Waals surface area contributed by atoms with E-state index in [0.29, 0.717) is 15.9 Å². The van der Waals surface area contributed by atoms with Crippen LogP contribution in [-0.4, -0.2) is 60.4 Å². The fourth-order valence-corrected chi connectivity index (χ4v) is 3.60. The minimum atomic E-state index is -0.526. The Labute approximate surface area is 173 Å². The van der Waals surface area contributed by atoms with Crippen LogP contribution in [0.25, 0.3) is 10.2 Å². The third-order valence-corrected chi connectivity index (χ3v) is 5.09. The number of amides is 1. The molecular formula is C17H18CaN2O3S. The number of aromatic hydroxyl groups is 1. The number of benzene rings is 1. The molecule has 3 aromatic rings. The summed E-state index contributed by atoms with van der Waals surface area (Å²) in [5.74, 6) is -0.767. The van der Waals surface area contributed by atoms with E-state index in [-0.39, 0.29) is 49.1 Å². The van der Waals surface area contributed by atoms with Crippen molar-refractivity contribution in [1.82, 2.24) is 4.57 Å². The maximum atomic E-state index is 12.8. The Bertz CT molecular complexity index is 963. The van der Waals surface area contributed by atoms with Crippen LogP contribution in [0.15, 0.2) is 40.5 Å². The zero-order chi connectivity index (χ0) is 16.7. The Hall–Kier alpha value is -1.34. The van der Waals surface area contributed by atoms with Gasteiger partial charge in [-0.05, 0) is 30.0 Å². The first kappa shape index (κ1) is 19.0. The number of pyridine rings is 1. The second-order valence-corrected chi connectivity index (χ2v) is 6.24. The number of carbonyl (C=O) groups excluding carboxylic acids is 1. The number of nitrogens with zero attached hydrogens (tertiary/aromatic N) is 2. The molecule has 0 aliphatic carbocycles.